The van der Waals surface area contributed by atoms with E-state index < -0.39 is 0 Å². The van der Waals surface area contributed by atoms with Gasteiger partial charge in [0.05, 0.1) is 5.69 Å². The van der Waals surface area contributed by atoms with E-state index >= 15 is 0 Å². The van der Waals surface area contributed by atoms with Gasteiger partial charge in [0.25, 0.3) is 0 Å². The number of aromatic nitrogens is 2. The van der Waals surface area contributed by atoms with Gasteiger partial charge in [0.2, 0.25) is 0 Å². The van der Waals surface area contributed by atoms with Crippen molar-refractivity contribution in [2.45, 2.75) is 26.3 Å². The third-order valence-electron chi connectivity index (χ3n) is 2.37. The molecule has 12 heavy (non-hydrogen) atoms. The highest BCUT2D eigenvalue weighted by molar-refractivity contribution is 7.03. The predicted octanol–water partition coefficient (Wildman–Crippen LogP) is 1.43. The minimum Gasteiger partial charge on any atom is -0.311 e. The summed E-state index contributed by atoms with van der Waals surface area (Å²) >= 11 is 1.41. The summed E-state index contributed by atoms with van der Waals surface area (Å²) in [7, 11) is 0. The molecule has 1 aliphatic carbocycles. The zero-order chi connectivity index (χ0) is 8.44. The summed E-state index contributed by atoms with van der Waals surface area (Å²) < 4.78 is 3.80. The van der Waals surface area contributed by atoms with Crippen LogP contribution in [0.1, 0.15) is 25.5 Å². The molecular weight excluding hydrogens is 170 g/mol. The van der Waals surface area contributed by atoms with Gasteiger partial charge in [-0.15, -0.1) is 5.10 Å². The summed E-state index contributed by atoms with van der Waals surface area (Å²) in [6.45, 7) is 4.30. The maximum absolute atomic E-state index is 3.96. The van der Waals surface area contributed by atoms with Crippen molar-refractivity contribution in [2.75, 3.05) is 6.54 Å². The van der Waals surface area contributed by atoms with Gasteiger partial charge >= 0.3 is 0 Å². The van der Waals surface area contributed by atoms with Crippen molar-refractivity contribution < 1.29 is 0 Å². The monoisotopic (exact) mass is 183 g/mol. The number of nitrogens with one attached hydrogen (secondary N) is 1. The zero-order valence-corrected chi connectivity index (χ0v) is 8.02. The summed E-state index contributed by atoms with van der Waals surface area (Å²) in [4.78, 5) is 0. The Kier molecular flexibility index (Phi) is 2.11. The summed E-state index contributed by atoms with van der Waals surface area (Å²) in [6.07, 6.45) is 2.74. The smallest absolute Gasteiger partial charge is 0.0893 e. The second-order valence-corrected chi connectivity index (χ2v) is 4.42. The molecule has 0 bridgehead atoms. The molecule has 1 saturated carbocycles. The molecule has 1 aromatic rings. The van der Waals surface area contributed by atoms with Gasteiger partial charge in [-0.1, -0.05) is 11.4 Å². The largest absolute Gasteiger partial charge is 0.311 e. The van der Waals surface area contributed by atoms with Crippen LogP contribution in [0.3, 0.4) is 0 Å². The first-order valence-electron chi connectivity index (χ1n) is 4.25. The van der Waals surface area contributed by atoms with Crippen LogP contribution in [-0.4, -0.2) is 16.1 Å². The Hall–Kier alpha value is -0.480. The molecule has 3 nitrogen and oxygen atoms in total. The Bertz CT molecular complexity index is 241. The summed E-state index contributed by atoms with van der Waals surface area (Å²) in [5.74, 6) is 0. The molecule has 0 aromatic carbocycles. The van der Waals surface area contributed by atoms with Crippen LogP contribution in [0, 0.1) is 5.41 Å². The van der Waals surface area contributed by atoms with Crippen molar-refractivity contribution in [3.05, 3.63) is 11.1 Å². The lowest BCUT2D eigenvalue weighted by molar-refractivity contribution is 0.496. The van der Waals surface area contributed by atoms with Gasteiger partial charge in [-0.2, -0.15) is 0 Å². The van der Waals surface area contributed by atoms with Gasteiger partial charge in [-0.3, -0.25) is 0 Å². The Labute approximate surface area is 76.4 Å². The van der Waals surface area contributed by atoms with Crippen LogP contribution in [0.25, 0.3) is 0 Å². The van der Waals surface area contributed by atoms with Gasteiger partial charge in [-0.05, 0) is 29.8 Å². The van der Waals surface area contributed by atoms with Crippen molar-refractivity contribution in [3.8, 4) is 0 Å². The fraction of sp³-hybridized carbons (Fsp3) is 0.750. The van der Waals surface area contributed by atoms with E-state index in [-0.39, 0.29) is 0 Å². The number of hydrogen-bond donors (Lipinski definition) is 1. The molecule has 4 heteroatoms. The molecule has 0 spiro atoms. The predicted molar refractivity (Wildman–Crippen MR) is 49.0 cm³/mol. The first kappa shape index (κ1) is 8.13. The topological polar surface area (TPSA) is 37.8 Å². The van der Waals surface area contributed by atoms with Crippen molar-refractivity contribution in [1.29, 1.82) is 0 Å². The van der Waals surface area contributed by atoms with E-state index in [1.807, 2.05) is 5.38 Å². The van der Waals surface area contributed by atoms with Crippen molar-refractivity contribution in [2.24, 2.45) is 5.41 Å². The second kappa shape index (κ2) is 3.11. The number of rotatable bonds is 4. The van der Waals surface area contributed by atoms with Gasteiger partial charge in [0, 0.05) is 18.5 Å². The minimum atomic E-state index is 0.587. The molecule has 2 rings (SSSR count). The Balaban J connectivity index is 1.69. The average Bonchev–Trinajstić information content (AvgIpc) is 2.61. The van der Waals surface area contributed by atoms with Gasteiger partial charge in [0.1, 0.15) is 0 Å². The van der Waals surface area contributed by atoms with Gasteiger partial charge in [-0.25, -0.2) is 0 Å². The summed E-state index contributed by atoms with van der Waals surface area (Å²) in [5.41, 5.74) is 1.65. The van der Waals surface area contributed by atoms with E-state index in [0.29, 0.717) is 5.41 Å². The van der Waals surface area contributed by atoms with E-state index in [9.17, 15) is 0 Å². The highest BCUT2D eigenvalue weighted by atomic mass is 32.1. The molecule has 66 valence electrons. The van der Waals surface area contributed by atoms with Gasteiger partial charge < -0.3 is 5.32 Å². The van der Waals surface area contributed by atoms with Crippen LogP contribution in [0.4, 0.5) is 0 Å². The summed E-state index contributed by atoms with van der Waals surface area (Å²) in [5, 5.41) is 9.34. The molecular formula is C8H13N3S. The first-order chi connectivity index (χ1) is 5.79. The maximum Gasteiger partial charge on any atom is 0.0893 e. The Morgan fingerprint density at radius 3 is 3.08 bits per heavy atom. The van der Waals surface area contributed by atoms with E-state index in [0.717, 1.165) is 18.8 Å². The molecule has 0 unspecified atom stereocenters. The van der Waals surface area contributed by atoms with Crippen molar-refractivity contribution in [1.82, 2.24) is 14.9 Å². The fourth-order valence-corrected chi connectivity index (χ4v) is 1.59. The average molecular weight is 183 g/mol. The van der Waals surface area contributed by atoms with E-state index in [2.05, 4.69) is 21.8 Å². The highest BCUT2D eigenvalue weighted by Crippen LogP contribution is 2.44. The molecule has 1 aromatic heterocycles. The first-order valence-corrected chi connectivity index (χ1v) is 5.09. The van der Waals surface area contributed by atoms with Crippen molar-refractivity contribution in [3.63, 3.8) is 0 Å². The normalized spacial score (nSPS) is 19.4. The zero-order valence-electron chi connectivity index (χ0n) is 7.21. The standard InChI is InChI=1S/C8H13N3S/c1-8(2-3-8)6-9-4-7-5-12-11-10-7/h5,9H,2-4,6H2,1H3. The molecule has 0 aliphatic heterocycles. The number of nitrogens with zero attached hydrogens (tertiary/aromatic N) is 2. The molecule has 0 saturated heterocycles. The maximum atomic E-state index is 3.96. The molecule has 1 fully saturated rings. The lowest BCUT2D eigenvalue weighted by Gasteiger charge is -2.07. The Morgan fingerprint density at radius 1 is 1.67 bits per heavy atom. The van der Waals surface area contributed by atoms with Crippen LogP contribution in [0.2, 0.25) is 0 Å². The molecule has 0 atom stereocenters. The lowest BCUT2D eigenvalue weighted by atomic mass is 10.1. The third kappa shape index (κ3) is 2.01. The molecule has 1 aliphatic rings. The fourth-order valence-electron chi connectivity index (χ4n) is 1.14. The van der Waals surface area contributed by atoms with Crippen LogP contribution in [0.15, 0.2) is 5.38 Å². The quantitative estimate of drug-likeness (QED) is 0.767. The van der Waals surface area contributed by atoms with Gasteiger partial charge in [0.15, 0.2) is 0 Å². The Morgan fingerprint density at radius 2 is 2.50 bits per heavy atom. The van der Waals surface area contributed by atoms with Crippen LogP contribution < -0.4 is 5.32 Å². The van der Waals surface area contributed by atoms with Crippen molar-refractivity contribution >= 4 is 11.5 Å². The molecule has 1 heterocycles. The molecule has 0 amide bonds. The lowest BCUT2D eigenvalue weighted by Crippen LogP contribution is -2.21. The second-order valence-electron chi connectivity index (χ2n) is 3.81. The summed E-state index contributed by atoms with van der Waals surface area (Å²) in [6, 6.07) is 0. The third-order valence-corrected chi connectivity index (χ3v) is 2.92. The van der Waals surface area contributed by atoms with Crippen LogP contribution >= 0.6 is 11.5 Å². The SMILES string of the molecule is CC1(CNCc2csnn2)CC1. The van der Waals surface area contributed by atoms with E-state index in [1.165, 1.54) is 24.4 Å². The van der Waals surface area contributed by atoms with Crippen LogP contribution in [0.5, 0.6) is 0 Å². The van der Waals surface area contributed by atoms with Crippen LogP contribution in [-0.2, 0) is 6.54 Å². The minimum absolute atomic E-state index is 0.587. The number of hydrogen-bond acceptors (Lipinski definition) is 4. The molecule has 1 N–H and O–H groups in total. The van der Waals surface area contributed by atoms with E-state index in [1.54, 1.807) is 0 Å². The molecule has 0 radical (unpaired) electrons. The highest BCUT2D eigenvalue weighted by Gasteiger charge is 2.36. The van der Waals surface area contributed by atoms with E-state index in [4.69, 9.17) is 0 Å².